The van der Waals surface area contributed by atoms with E-state index in [2.05, 4.69) is 16.0 Å². The molecule has 1 atom stereocenters. The Morgan fingerprint density at radius 1 is 1.15 bits per heavy atom. The van der Waals surface area contributed by atoms with Gasteiger partial charge in [0, 0.05) is 12.6 Å². The van der Waals surface area contributed by atoms with Crippen LogP contribution in [0.15, 0.2) is 54.7 Å². The molecule has 26 heavy (non-hydrogen) atoms. The third-order valence-corrected chi connectivity index (χ3v) is 4.95. The van der Waals surface area contributed by atoms with Crippen LogP contribution in [0, 0.1) is 0 Å². The largest absolute Gasteiger partial charge is 0.496 e. The lowest BCUT2D eigenvalue weighted by molar-refractivity contribution is 0.0730. The topological polar surface area (TPSA) is 55.3 Å². The van der Waals surface area contributed by atoms with Gasteiger partial charge in [-0.3, -0.25) is 9.78 Å². The van der Waals surface area contributed by atoms with Crippen LogP contribution in [0.3, 0.4) is 0 Å². The Bertz CT molecular complexity index is 941. The Labute approximate surface area is 152 Å². The highest BCUT2D eigenvalue weighted by molar-refractivity contribution is 5.94. The van der Waals surface area contributed by atoms with E-state index >= 15 is 0 Å². The van der Waals surface area contributed by atoms with Crippen LogP contribution in [0.2, 0.25) is 0 Å². The van der Waals surface area contributed by atoms with Gasteiger partial charge in [0.2, 0.25) is 0 Å². The van der Waals surface area contributed by atoms with Crippen LogP contribution in [0.5, 0.6) is 5.75 Å². The lowest BCUT2D eigenvalue weighted by atomic mass is 10.0. The number of carbonyl (C=O) groups is 1. The van der Waals surface area contributed by atoms with Crippen LogP contribution >= 0.6 is 0 Å². The molecule has 5 nitrogen and oxygen atoms in total. The molecule has 0 spiro atoms. The Balaban J connectivity index is 1.58. The molecule has 1 amide bonds. The summed E-state index contributed by atoms with van der Waals surface area (Å²) >= 11 is 0. The first-order valence-corrected chi connectivity index (χ1v) is 8.91. The van der Waals surface area contributed by atoms with Gasteiger partial charge < -0.3 is 9.64 Å². The Hall–Kier alpha value is -2.95. The molecule has 1 aliphatic rings. The van der Waals surface area contributed by atoms with Gasteiger partial charge in [0.05, 0.1) is 24.3 Å². The summed E-state index contributed by atoms with van der Waals surface area (Å²) in [7, 11) is 1.68. The maximum atomic E-state index is 13.0. The zero-order valence-corrected chi connectivity index (χ0v) is 14.8. The molecule has 1 aromatic heterocycles. The predicted octanol–water partition coefficient (Wildman–Crippen LogP) is 3.49. The minimum absolute atomic E-state index is 0.0411. The number of methoxy groups -OCH3 is 1. The molecule has 0 saturated carbocycles. The molecule has 1 saturated heterocycles. The second-order valence-corrected chi connectivity index (χ2v) is 6.55. The van der Waals surface area contributed by atoms with Gasteiger partial charge in [-0.15, -0.1) is 0 Å². The van der Waals surface area contributed by atoms with Crippen molar-refractivity contribution in [3.8, 4) is 5.75 Å². The van der Waals surface area contributed by atoms with Crippen molar-refractivity contribution in [3.63, 3.8) is 0 Å². The van der Waals surface area contributed by atoms with Crippen molar-refractivity contribution in [2.45, 2.75) is 25.3 Å². The standard InChI is InChI=1S/C21H21N3O2/c1-26-20-11-5-2-7-15(20)13-16-8-6-12-24(16)21(25)19-14-22-17-9-3-4-10-18(17)23-19/h2-5,7,9-11,14,16H,6,8,12-13H2,1H3. The van der Waals surface area contributed by atoms with Crippen molar-refractivity contribution in [3.05, 3.63) is 66.0 Å². The number of aromatic nitrogens is 2. The number of para-hydroxylation sites is 3. The van der Waals surface area contributed by atoms with Gasteiger partial charge in [-0.25, -0.2) is 4.98 Å². The summed E-state index contributed by atoms with van der Waals surface area (Å²) in [5, 5.41) is 0. The summed E-state index contributed by atoms with van der Waals surface area (Å²) in [6, 6.07) is 15.8. The minimum Gasteiger partial charge on any atom is -0.496 e. The summed E-state index contributed by atoms with van der Waals surface area (Å²) in [5.41, 5.74) is 3.09. The molecule has 1 fully saturated rings. The van der Waals surface area contributed by atoms with Crippen LogP contribution in [0.4, 0.5) is 0 Å². The zero-order chi connectivity index (χ0) is 17.9. The number of ether oxygens (including phenoxy) is 1. The zero-order valence-electron chi connectivity index (χ0n) is 14.8. The fourth-order valence-corrected chi connectivity index (χ4v) is 3.65. The van der Waals surface area contributed by atoms with Crippen LogP contribution in [0.25, 0.3) is 11.0 Å². The highest BCUT2D eigenvalue weighted by Gasteiger charge is 2.31. The number of rotatable bonds is 4. The van der Waals surface area contributed by atoms with E-state index in [1.807, 2.05) is 47.4 Å². The monoisotopic (exact) mass is 347 g/mol. The molecule has 2 heterocycles. The summed E-state index contributed by atoms with van der Waals surface area (Å²) in [6.45, 7) is 0.757. The van der Waals surface area contributed by atoms with E-state index in [9.17, 15) is 4.79 Å². The molecule has 1 aliphatic heterocycles. The average Bonchev–Trinajstić information content (AvgIpc) is 3.15. The van der Waals surface area contributed by atoms with Crippen molar-refractivity contribution in [2.75, 3.05) is 13.7 Å². The number of amides is 1. The van der Waals surface area contributed by atoms with E-state index < -0.39 is 0 Å². The van der Waals surface area contributed by atoms with E-state index in [1.165, 1.54) is 0 Å². The molecule has 0 radical (unpaired) electrons. The Morgan fingerprint density at radius 3 is 2.77 bits per heavy atom. The lowest BCUT2D eigenvalue weighted by Crippen LogP contribution is -2.37. The fourth-order valence-electron chi connectivity index (χ4n) is 3.65. The van der Waals surface area contributed by atoms with Crippen LogP contribution in [-0.4, -0.2) is 40.5 Å². The van der Waals surface area contributed by atoms with E-state index in [-0.39, 0.29) is 11.9 Å². The van der Waals surface area contributed by atoms with Gasteiger partial charge in [-0.1, -0.05) is 30.3 Å². The number of nitrogens with zero attached hydrogens (tertiary/aromatic N) is 3. The van der Waals surface area contributed by atoms with Crippen molar-refractivity contribution < 1.29 is 9.53 Å². The molecular weight excluding hydrogens is 326 g/mol. The average molecular weight is 347 g/mol. The quantitative estimate of drug-likeness (QED) is 0.725. The van der Waals surface area contributed by atoms with E-state index in [0.717, 1.165) is 48.2 Å². The van der Waals surface area contributed by atoms with Gasteiger partial charge in [0.15, 0.2) is 0 Å². The highest BCUT2D eigenvalue weighted by atomic mass is 16.5. The molecule has 0 aliphatic carbocycles. The molecular formula is C21H21N3O2. The Kier molecular flexibility index (Phi) is 4.52. The molecule has 0 N–H and O–H groups in total. The first-order valence-electron chi connectivity index (χ1n) is 8.91. The van der Waals surface area contributed by atoms with Gasteiger partial charge in [-0.2, -0.15) is 0 Å². The minimum atomic E-state index is -0.0411. The molecule has 5 heteroatoms. The molecule has 3 aromatic rings. The van der Waals surface area contributed by atoms with E-state index in [4.69, 9.17) is 4.74 Å². The van der Waals surface area contributed by atoms with E-state index in [0.29, 0.717) is 5.69 Å². The third-order valence-electron chi connectivity index (χ3n) is 4.95. The maximum Gasteiger partial charge on any atom is 0.274 e. The molecule has 2 aromatic carbocycles. The van der Waals surface area contributed by atoms with Crippen LogP contribution < -0.4 is 4.74 Å². The first-order chi connectivity index (χ1) is 12.8. The van der Waals surface area contributed by atoms with Gasteiger partial charge in [-0.05, 0) is 43.0 Å². The first kappa shape index (κ1) is 16.5. The summed E-state index contributed by atoms with van der Waals surface area (Å²) in [5.74, 6) is 0.831. The lowest BCUT2D eigenvalue weighted by Gasteiger charge is -2.25. The highest BCUT2D eigenvalue weighted by Crippen LogP contribution is 2.27. The van der Waals surface area contributed by atoms with Crippen molar-refractivity contribution in [2.24, 2.45) is 0 Å². The van der Waals surface area contributed by atoms with Gasteiger partial charge in [0.25, 0.3) is 5.91 Å². The molecule has 132 valence electrons. The van der Waals surface area contributed by atoms with E-state index in [1.54, 1.807) is 13.3 Å². The second kappa shape index (κ2) is 7.12. The summed E-state index contributed by atoms with van der Waals surface area (Å²) in [4.78, 5) is 23.9. The van der Waals surface area contributed by atoms with Crippen molar-refractivity contribution in [1.29, 1.82) is 0 Å². The summed E-state index contributed by atoms with van der Waals surface area (Å²) in [6.07, 6.45) is 4.37. The van der Waals surface area contributed by atoms with Gasteiger partial charge >= 0.3 is 0 Å². The molecule has 4 rings (SSSR count). The van der Waals surface area contributed by atoms with Crippen molar-refractivity contribution >= 4 is 16.9 Å². The number of benzene rings is 2. The fraction of sp³-hybridized carbons (Fsp3) is 0.286. The number of fused-ring (bicyclic) bond motifs is 1. The molecule has 1 unspecified atom stereocenters. The SMILES string of the molecule is COc1ccccc1CC1CCCN1C(=O)c1cnc2ccccc2n1. The third kappa shape index (κ3) is 3.12. The van der Waals surface area contributed by atoms with Gasteiger partial charge in [0.1, 0.15) is 11.4 Å². The Morgan fingerprint density at radius 2 is 1.92 bits per heavy atom. The van der Waals surface area contributed by atoms with Crippen LogP contribution in [0.1, 0.15) is 28.9 Å². The maximum absolute atomic E-state index is 13.0. The van der Waals surface area contributed by atoms with Crippen molar-refractivity contribution in [1.82, 2.24) is 14.9 Å². The van der Waals surface area contributed by atoms with Crippen LogP contribution in [-0.2, 0) is 6.42 Å². The number of hydrogen-bond acceptors (Lipinski definition) is 4. The molecule has 0 bridgehead atoms. The smallest absolute Gasteiger partial charge is 0.274 e. The predicted molar refractivity (Wildman–Crippen MR) is 100 cm³/mol. The number of carbonyl (C=O) groups excluding carboxylic acids is 1. The summed E-state index contributed by atoms with van der Waals surface area (Å²) < 4.78 is 5.46. The normalized spacial score (nSPS) is 16.8. The number of likely N-dealkylation sites (tertiary alicyclic amines) is 1. The number of hydrogen-bond donors (Lipinski definition) is 0. The second-order valence-electron chi connectivity index (χ2n) is 6.55.